The van der Waals surface area contributed by atoms with Crippen LogP contribution in [0.4, 0.5) is 5.69 Å². The molecule has 0 fully saturated rings. The summed E-state index contributed by atoms with van der Waals surface area (Å²) in [4.78, 5) is 0. The maximum Gasteiger partial charge on any atom is 0.238 e. The molecule has 0 bridgehead atoms. The number of aromatic nitrogens is 2. The predicted molar refractivity (Wildman–Crippen MR) is 80.8 cm³/mol. The summed E-state index contributed by atoms with van der Waals surface area (Å²) in [6.45, 7) is 3.80. The van der Waals surface area contributed by atoms with E-state index in [1.807, 2.05) is 19.1 Å². The molecule has 0 amide bonds. The fraction of sp³-hybridized carbons (Fsp3) is 0.200. The number of nitrogens with one attached hydrogen (secondary N) is 1. The summed E-state index contributed by atoms with van der Waals surface area (Å²) >= 11 is 1.70. The predicted octanol–water partition coefficient (Wildman–Crippen LogP) is 4.28. The van der Waals surface area contributed by atoms with Gasteiger partial charge in [0.25, 0.3) is 0 Å². The molecule has 1 N–H and O–H groups in total. The number of benzene rings is 1. The molecule has 1 aromatic carbocycles. The monoisotopic (exact) mass is 285 g/mol. The Hall–Kier alpha value is -2.14. The Morgan fingerprint density at radius 3 is 2.80 bits per heavy atom. The Labute approximate surface area is 121 Å². The molecule has 0 saturated carbocycles. The molecule has 1 unspecified atom stereocenters. The van der Waals surface area contributed by atoms with E-state index in [4.69, 9.17) is 4.42 Å². The molecule has 20 heavy (non-hydrogen) atoms. The van der Waals surface area contributed by atoms with Gasteiger partial charge in [0, 0.05) is 12.6 Å². The fourth-order valence-corrected chi connectivity index (χ4v) is 2.68. The third-order valence-corrected chi connectivity index (χ3v) is 3.70. The molecule has 5 heteroatoms. The molecule has 3 rings (SSSR count). The number of hydrogen-bond acceptors (Lipinski definition) is 5. The molecule has 1 atom stereocenters. The molecule has 3 aromatic rings. The van der Waals surface area contributed by atoms with Crippen LogP contribution in [0.15, 0.2) is 45.5 Å². The first kappa shape index (κ1) is 12.9. The van der Waals surface area contributed by atoms with Gasteiger partial charge in [-0.15, -0.1) is 10.2 Å². The standard InChI is InChI=1S/C15H15N3OS/c1-10(15-18-17-11(2)19-15)16-14-5-3-4-12(8-14)13-6-7-20-9-13/h3-10,16H,1-2H3. The SMILES string of the molecule is Cc1nnc(C(C)Nc2cccc(-c3ccsc3)c2)o1. The topological polar surface area (TPSA) is 51.0 Å². The van der Waals surface area contributed by atoms with Crippen molar-refractivity contribution in [2.75, 3.05) is 5.32 Å². The summed E-state index contributed by atoms with van der Waals surface area (Å²) in [5, 5.41) is 15.5. The summed E-state index contributed by atoms with van der Waals surface area (Å²) < 4.78 is 5.44. The van der Waals surface area contributed by atoms with E-state index in [-0.39, 0.29) is 6.04 Å². The van der Waals surface area contributed by atoms with Gasteiger partial charge in [-0.25, -0.2) is 0 Å². The second kappa shape index (κ2) is 5.46. The molecule has 2 aromatic heterocycles. The van der Waals surface area contributed by atoms with Gasteiger partial charge in [-0.1, -0.05) is 12.1 Å². The molecular formula is C15H15N3OS. The van der Waals surface area contributed by atoms with Gasteiger partial charge in [0.2, 0.25) is 11.8 Å². The lowest BCUT2D eigenvalue weighted by molar-refractivity contribution is 0.451. The number of thiophene rings is 1. The van der Waals surface area contributed by atoms with Crippen LogP contribution < -0.4 is 5.32 Å². The van der Waals surface area contributed by atoms with Crippen molar-refractivity contribution in [2.45, 2.75) is 19.9 Å². The number of rotatable bonds is 4. The van der Waals surface area contributed by atoms with Crippen molar-refractivity contribution < 1.29 is 4.42 Å². The average molecular weight is 285 g/mol. The molecule has 4 nitrogen and oxygen atoms in total. The lowest BCUT2D eigenvalue weighted by atomic mass is 10.1. The second-order valence-electron chi connectivity index (χ2n) is 4.62. The van der Waals surface area contributed by atoms with Crippen LogP contribution in [0.25, 0.3) is 11.1 Å². The molecule has 0 spiro atoms. The molecule has 0 aliphatic carbocycles. The first-order chi connectivity index (χ1) is 9.72. The third kappa shape index (κ3) is 2.72. The lowest BCUT2D eigenvalue weighted by Gasteiger charge is -2.12. The molecule has 0 radical (unpaired) electrons. The number of aryl methyl sites for hydroxylation is 1. The van der Waals surface area contributed by atoms with Crippen molar-refractivity contribution in [1.82, 2.24) is 10.2 Å². The Kier molecular flexibility index (Phi) is 3.52. The van der Waals surface area contributed by atoms with Gasteiger partial charge in [-0.3, -0.25) is 0 Å². The van der Waals surface area contributed by atoms with Crippen molar-refractivity contribution in [2.24, 2.45) is 0 Å². The molecule has 0 aliphatic heterocycles. The van der Waals surface area contributed by atoms with Crippen LogP contribution in [-0.4, -0.2) is 10.2 Å². The lowest BCUT2D eigenvalue weighted by Crippen LogP contribution is -2.07. The Morgan fingerprint density at radius 2 is 2.10 bits per heavy atom. The highest BCUT2D eigenvalue weighted by Gasteiger charge is 2.12. The first-order valence-electron chi connectivity index (χ1n) is 6.41. The van der Waals surface area contributed by atoms with E-state index in [0.29, 0.717) is 11.8 Å². The Morgan fingerprint density at radius 1 is 1.20 bits per heavy atom. The fourth-order valence-electron chi connectivity index (χ4n) is 2.02. The summed E-state index contributed by atoms with van der Waals surface area (Å²) in [6, 6.07) is 10.4. The smallest absolute Gasteiger partial charge is 0.238 e. The van der Waals surface area contributed by atoms with E-state index >= 15 is 0 Å². The molecule has 102 valence electrons. The van der Waals surface area contributed by atoms with Crippen molar-refractivity contribution >= 4 is 17.0 Å². The van der Waals surface area contributed by atoms with E-state index in [0.717, 1.165) is 5.69 Å². The summed E-state index contributed by atoms with van der Waals surface area (Å²) in [7, 11) is 0. The average Bonchev–Trinajstić information content (AvgIpc) is 3.10. The van der Waals surface area contributed by atoms with Crippen LogP contribution in [0, 0.1) is 6.92 Å². The summed E-state index contributed by atoms with van der Waals surface area (Å²) in [5.74, 6) is 1.18. The van der Waals surface area contributed by atoms with Crippen LogP contribution >= 0.6 is 11.3 Å². The number of nitrogens with zero attached hydrogens (tertiary/aromatic N) is 2. The van der Waals surface area contributed by atoms with E-state index in [1.165, 1.54) is 11.1 Å². The molecule has 2 heterocycles. The van der Waals surface area contributed by atoms with Crippen molar-refractivity contribution in [1.29, 1.82) is 0 Å². The van der Waals surface area contributed by atoms with Crippen LogP contribution in [0.5, 0.6) is 0 Å². The van der Waals surface area contributed by atoms with E-state index in [9.17, 15) is 0 Å². The zero-order valence-corrected chi connectivity index (χ0v) is 12.1. The highest BCUT2D eigenvalue weighted by atomic mass is 32.1. The zero-order valence-electron chi connectivity index (χ0n) is 11.3. The largest absolute Gasteiger partial charge is 0.423 e. The van der Waals surface area contributed by atoms with Crippen molar-refractivity contribution in [3.63, 3.8) is 0 Å². The van der Waals surface area contributed by atoms with E-state index < -0.39 is 0 Å². The minimum atomic E-state index is -0.0195. The number of anilines is 1. The van der Waals surface area contributed by atoms with Gasteiger partial charge in [0.15, 0.2) is 0 Å². The maximum atomic E-state index is 5.44. The number of hydrogen-bond donors (Lipinski definition) is 1. The van der Waals surface area contributed by atoms with E-state index in [1.54, 1.807) is 18.3 Å². The zero-order chi connectivity index (χ0) is 13.9. The van der Waals surface area contributed by atoms with Crippen LogP contribution in [-0.2, 0) is 0 Å². The molecule has 0 saturated heterocycles. The van der Waals surface area contributed by atoms with Crippen molar-refractivity contribution in [3.05, 3.63) is 52.9 Å². The van der Waals surface area contributed by atoms with Crippen LogP contribution in [0.1, 0.15) is 24.7 Å². The first-order valence-corrected chi connectivity index (χ1v) is 7.36. The van der Waals surface area contributed by atoms with Crippen LogP contribution in [0.2, 0.25) is 0 Å². The second-order valence-corrected chi connectivity index (χ2v) is 5.40. The quantitative estimate of drug-likeness (QED) is 0.777. The van der Waals surface area contributed by atoms with Gasteiger partial charge in [-0.2, -0.15) is 11.3 Å². The highest BCUT2D eigenvalue weighted by molar-refractivity contribution is 7.08. The Balaban J connectivity index is 1.79. The normalized spacial score (nSPS) is 12.3. The minimum absolute atomic E-state index is 0.0195. The summed E-state index contributed by atoms with van der Waals surface area (Å²) in [5.41, 5.74) is 3.47. The molecule has 0 aliphatic rings. The maximum absolute atomic E-state index is 5.44. The van der Waals surface area contributed by atoms with Gasteiger partial charge in [-0.05, 0) is 47.0 Å². The minimum Gasteiger partial charge on any atom is -0.423 e. The van der Waals surface area contributed by atoms with Gasteiger partial charge < -0.3 is 9.73 Å². The van der Waals surface area contributed by atoms with Crippen LogP contribution in [0.3, 0.4) is 0 Å². The summed E-state index contributed by atoms with van der Waals surface area (Å²) in [6.07, 6.45) is 0. The van der Waals surface area contributed by atoms with Gasteiger partial charge >= 0.3 is 0 Å². The van der Waals surface area contributed by atoms with Gasteiger partial charge in [0.05, 0.1) is 0 Å². The highest BCUT2D eigenvalue weighted by Crippen LogP contribution is 2.26. The Bertz CT molecular complexity index is 691. The van der Waals surface area contributed by atoms with E-state index in [2.05, 4.69) is 44.5 Å². The third-order valence-electron chi connectivity index (χ3n) is 3.01. The van der Waals surface area contributed by atoms with Crippen molar-refractivity contribution in [3.8, 4) is 11.1 Å². The van der Waals surface area contributed by atoms with Gasteiger partial charge in [0.1, 0.15) is 6.04 Å². The molecular weight excluding hydrogens is 270 g/mol.